The van der Waals surface area contributed by atoms with Gasteiger partial charge in [-0.25, -0.2) is 0 Å². The zero-order chi connectivity index (χ0) is 23.0. The highest BCUT2D eigenvalue weighted by Crippen LogP contribution is 2.46. The molecular weight excluding hydrogens is 390 g/mol. The number of halogens is 2. The molecule has 2 aromatic rings. The first-order valence-electron chi connectivity index (χ1n) is 11.2. The van der Waals surface area contributed by atoms with Gasteiger partial charge in [0, 0.05) is 0 Å². The van der Waals surface area contributed by atoms with Crippen LogP contribution in [0.3, 0.4) is 0 Å². The van der Waals surface area contributed by atoms with E-state index in [0.717, 1.165) is 22.3 Å². The van der Waals surface area contributed by atoms with Crippen molar-refractivity contribution in [2.24, 2.45) is 0 Å². The summed E-state index contributed by atoms with van der Waals surface area (Å²) in [6, 6.07) is 11.9. The summed E-state index contributed by atoms with van der Waals surface area (Å²) >= 11 is 0. The zero-order valence-corrected chi connectivity index (χ0v) is 19.9. The van der Waals surface area contributed by atoms with Crippen molar-refractivity contribution in [3.8, 4) is 0 Å². The second-order valence-electron chi connectivity index (χ2n) is 9.54. The SMILES string of the molecule is CC(C)c1cccc(C(C)C)c1N1[C]N(c2c(C(C)C)cccc2C(C)C)C(F)=C1F. The minimum atomic E-state index is -0.914. The lowest BCUT2D eigenvalue weighted by molar-refractivity contribution is 0.537. The summed E-state index contributed by atoms with van der Waals surface area (Å²) in [5, 5.41) is 0. The van der Waals surface area contributed by atoms with Crippen LogP contribution in [0.15, 0.2) is 48.3 Å². The van der Waals surface area contributed by atoms with Gasteiger partial charge in [-0.1, -0.05) is 91.8 Å². The van der Waals surface area contributed by atoms with Gasteiger partial charge >= 0.3 is 0 Å². The van der Waals surface area contributed by atoms with Gasteiger partial charge in [-0.3, -0.25) is 9.80 Å². The maximum absolute atomic E-state index is 15.5. The molecule has 0 unspecified atom stereocenters. The first-order valence-corrected chi connectivity index (χ1v) is 11.2. The third kappa shape index (κ3) is 4.22. The van der Waals surface area contributed by atoms with Crippen molar-refractivity contribution in [3.05, 3.63) is 77.2 Å². The first-order chi connectivity index (χ1) is 14.6. The van der Waals surface area contributed by atoms with Gasteiger partial charge in [0.1, 0.15) is 0 Å². The Morgan fingerprint density at radius 1 is 0.548 bits per heavy atom. The molecule has 2 nitrogen and oxygen atoms in total. The summed E-state index contributed by atoms with van der Waals surface area (Å²) in [6.07, 6.45) is 0. The van der Waals surface area contributed by atoms with E-state index in [1.807, 2.05) is 36.4 Å². The van der Waals surface area contributed by atoms with E-state index in [1.165, 1.54) is 9.80 Å². The largest absolute Gasteiger partial charge is 0.281 e. The van der Waals surface area contributed by atoms with Gasteiger partial charge in [0.05, 0.1) is 11.4 Å². The standard InChI is InChI=1S/C27H34F2N2/c1-16(2)20-11-9-12-21(17(3)4)24(20)30-15-31(27(29)26(30)28)25-22(18(5)6)13-10-14-23(25)19(7)8/h9-14,16-19H,1-8H3. The molecule has 0 saturated carbocycles. The van der Waals surface area contributed by atoms with Crippen molar-refractivity contribution in [3.63, 3.8) is 0 Å². The van der Waals surface area contributed by atoms with Crippen LogP contribution in [0.4, 0.5) is 20.2 Å². The van der Waals surface area contributed by atoms with Gasteiger partial charge in [0.2, 0.25) is 18.6 Å². The normalized spacial score (nSPS) is 14.9. The lowest BCUT2D eigenvalue weighted by Crippen LogP contribution is -2.25. The summed E-state index contributed by atoms with van der Waals surface area (Å²) < 4.78 is 31.0. The van der Waals surface area contributed by atoms with Gasteiger partial charge in [-0.05, 0) is 45.9 Å². The molecule has 2 aromatic carbocycles. The van der Waals surface area contributed by atoms with Gasteiger partial charge in [-0.15, -0.1) is 0 Å². The van der Waals surface area contributed by atoms with Crippen LogP contribution < -0.4 is 9.80 Å². The van der Waals surface area contributed by atoms with Crippen LogP contribution in [-0.4, -0.2) is 0 Å². The Morgan fingerprint density at radius 2 is 0.806 bits per heavy atom. The van der Waals surface area contributed by atoms with Crippen molar-refractivity contribution >= 4 is 11.4 Å². The maximum atomic E-state index is 15.5. The topological polar surface area (TPSA) is 6.48 Å². The average molecular weight is 425 g/mol. The highest BCUT2D eigenvalue weighted by atomic mass is 19.2. The number of benzene rings is 2. The molecule has 166 valence electrons. The van der Waals surface area contributed by atoms with Crippen molar-refractivity contribution in [2.75, 3.05) is 9.80 Å². The van der Waals surface area contributed by atoms with Gasteiger partial charge < -0.3 is 0 Å². The van der Waals surface area contributed by atoms with Crippen molar-refractivity contribution in [1.29, 1.82) is 0 Å². The number of anilines is 2. The molecule has 0 bridgehead atoms. The zero-order valence-electron chi connectivity index (χ0n) is 19.9. The van der Waals surface area contributed by atoms with Crippen LogP contribution in [0.25, 0.3) is 0 Å². The fourth-order valence-corrected chi connectivity index (χ4v) is 4.21. The molecule has 0 N–H and O–H groups in total. The number of rotatable bonds is 6. The third-order valence-electron chi connectivity index (χ3n) is 5.89. The van der Waals surface area contributed by atoms with Gasteiger partial charge in [-0.2, -0.15) is 8.78 Å². The molecule has 4 heteroatoms. The highest BCUT2D eigenvalue weighted by Gasteiger charge is 2.38. The summed E-state index contributed by atoms with van der Waals surface area (Å²) in [6.45, 7) is 19.6. The third-order valence-corrected chi connectivity index (χ3v) is 5.89. The highest BCUT2D eigenvalue weighted by molar-refractivity contribution is 5.75. The molecule has 0 spiro atoms. The second-order valence-corrected chi connectivity index (χ2v) is 9.54. The predicted molar refractivity (Wildman–Crippen MR) is 127 cm³/mol. The second kappa shape index (κ2) is 9.02. The minimum Gasteiger partial charge on any atom is -0.281 e. The molecule has 1 aliphatic rings. The number of hydrogen-bond acceptors (Lipinski definition) is 2. The van der Waals surface area contributed by atoms with Crippen molar-refractivity contribution < 1.29 is 8.78 Å². The molecule has 0 aliphatic carbocycles. The Morgan fingerprint density at radius 3 is 1.03 bits per heavy atom. The monoisotopic (exact) mass is 424 g/mol. The van der Waals surface area contributed by atoms with E-state index >= 15 is 8.78 Å². The number of nitrogens with zero attached hydrogens (tertiary/aromatic N) is 2. The average Bonchev–Trinajstić information content (AvgIpc) is 3.00. The molecule has 31 heavy (non-hydrogen) atoms. The van der Waals surface area contributed by atoms with Crippen molar-refractivity contribution in [2.45, 2.75) is 79.1 Å². The molecule has 2 radical (unpaired) electrons. The van der Waals surface area contributed by atoms with E-state index in [1.54, 1.807) is 0 Å². The Labute approximate surface area is 186 Å². The quantitative estimate of drug-likeness (QED) is 0.428. The van der Waals surface area contributed by atoms with Crippen LogP contribution in [0.1, 0.15) is 101 Å². The van der Waals surface area contributed by atoms with E-state index < -0.39 is 11.9 Å². The van der Waals surface area contributed by atoms with Crippen LogP contribution in [-0.2, 0) is 0 Å². The summed E-state index contributed by atoms with van der Waals surface area (Å²) in [5.74, 6) is -1.18. The van der Waals surface area contributed by atoms with Crippen LogP contribution >= 0.6 is 0 Å². The Kier molecular flexibility index (Phi) is 6.78. The van der Waals surface area contributed by atoms with Gasteiger partial charge in [0.15, 0.2) is 0 Å². The molecule has 0 saturated heterocycles. The Hall–Kier alpha value is -2.36. The fourth-order valence-electron chi connectivity index (χ4n) is 4.21. The Balaban J connectivity index is 2.19. The summed E-state index contributed by atoms with van der Waals surface area (Å²) in [7, 11) is 0. The van der Waals surface area contributed by atoms with E-state index in [-0.39, 0.29) is 23.7 Å². The molecule has 0 atom stereocenters. The maximum Gasteiger partial charge on any atom is 0.250 e. The van der Waals surface area contributed by atoms with Crippen LogP contribution in [0.2, 0.25) is 0 Å². The first kappa shape index (κ1) is 23.3. The lowest BCUT2D eigenvalue weighted by Gasteiger charge is -2.29. The van der Waals surface area contributed by atoms with E-state index in [4.69, 9.17) is 0 Å². The van der Waals surface area contributed by atoms with Crippen LogP contribution in [0.5, 0.6) is 0 Å². The molecule has 0 fully saturated rings. The molecule has 0 aromatic heterocycles. The molecular formula is C27H34F2N2. The minimum absolute atomic E-state index is 0.162. The predicted octanol–water partition coefficient (Wildman–Crippen LogP) is 8.57. The molecule has 1 aliphatic heterocycles. The van der Waals surface area contributed by atoms with E-state index in [9.17, 15) is 0 Å². The van der Waals surface area contributed by atoms with E-state index in [0.29, 0.717) is 11.4 Å². The smallest absolute Gasteiger partial charge is 0.250 e. The molecule has 3 rings (SSSR count). The number of hydrogen-bond donors (Lipinski definition) is 0. The number of para-hydroxylation sites is 2. The van der Waals surface area contributed by atoms with Crippen LogP contribution in [0, 0.1) is 6.67 Å². The summed E-state index contributed by atoms with van der Waals surface area (Å²) in [4.78, 5) is 2.56. The molecule has 1 heterocycles. The lowest BCUT2D eigenvalue weighted by atomic mass is 9.91. The van der Waals surface area contributed by atoms with Gasteiger partial charge in [0.25, 0.3) is 0 Å². The fraction of sp³-hybridized carbons (Fsp3) is 0.444. The Bertz CT molecular complexity index is 843. The van der Waals surface area contributed by atoms with Crippen molar-refractivity contribution in [1.82, 2.24) is 0 Å². The van der Waals surface area contributed by atoms with E-state index in [2.05, 4.69) is 62.1 Å². The summed E-state index contributed by atoms with van der Waals surface area (Å²) in [5.41, 5.74) is 5.29. The molecule has 0 amide bonds.